The molecule has 0 aromatic carbocycles. The van der Waals surface area contributed by atoms with E-state index < -0.39 is 0 Å². The molecule has 2 aromatic rings. The summed E-state index contributed by atoms with van der Waals surface area (Å²) in [6.07, 6.45) is 3.31. The van der Waals surface area contributed by atoms with Crippen molar-refractivity contribution in [3.8, 4) is 0 Å². The summed E-state index contributed by atoms with van der Waals surface area (Å²) in [6.45, 7) is 4.99. The summed E-state index contributed by atoms with van der Waals surface area (Å²) >= 11 is 0. The summed E-state index contributed by atoms with van der Waals surface area (Å²) in [7, 11) is 1.87. The Bertz CT molecular complexity index is 663. The number of anilines is 1. The molecular weight excluding hydrogens is 266 g/mol. The van der Waals surface area contributed by atoms with Crippen LogP contribution in [0.3, 0.4) is 0 Å². The number of likely N-dealkylation sites (tertiary alicyclic amines) is 1. The van der Waals surface area contributed by atoms with Gasteiger partial charge in [-0.25, -0.2) is 4.98 Å². The Labute approximate surface area is 124 Å². The van der Waals surface area contributed by atoms with Crippen molar-refractivity contribution in [2.45, 2.75) is 38.6 Å². The Morgan fingerprint density at radius 3 is 2.95 bits per heavy atom. The van der Waals surface area contributed by atoms with Gasteiger partial charge in [-0.15, -0.1) is 0 Å². The molecule has 21 heavy (non-hydrogen) atoms. The largest absolute Gasteiger partial charge is 0.368 e. The van der Waals surface area contributed by atoms with Gasteiger partial charge in [0.1, 0.15) is 5.82 Å². The van der Waals surface area contributed by atoms with Crippen molar-refractivity contribution >= 4 is 17.4 Å². The van der Waals surface area contributed by atoms with E-state index in [1.807, 2.05) is 28.6 Å². The average molecular weight is 287 g/mol. The van der Waals surface area contributed by atoms with E-state index in [2.05, 4.69) is 29.2 Å². The van der Waals surface area contributed by atoms with Crippen LogP contribution >= 0.6 is 0 Å². The van der Waals surface area contributed by atoms with Crippen LogP contribution in [-0.4, -0.2) is 45.0 Å². The third-order valence-corrected chi connectivity index (χ3v) is 4.12. The minimum absolute atomic E-state index is 0.226. The number of carbonyl (C=O) groups excluding carboxylic acids is 1. The number of hydrogen-bond donors (Lipinski definition) is 1. The first-order valence-electron chi connectivity index (χ1n) is 7.40. The lowest BCUT2D eigenvalue weighted by atomic mass is 10.1. The van der Waals surface area contributed by atoms with E-state index in [1.54, 1.807) is 6.20 Å². The van der Waals surface area contributed by atoms with Gasteiger partial charge in [-0.3, -0.25) is 4.79 Å². The van der Waals surface area contributed by atoms with E-state index in [0.29, 0.717) is 12.3 Å². The second-order valence-electron chi connectivity index (χ2n) is 5.90. The zero-order valence-corrected chi connectivity index (χ0v) is 12.7. The maximum absolute atomic E-state index is 11.6. The predicted molar refractivity (Wildman–Crippen MR) is 81.4 cm³/mol. The number of carbonyl (C=O) groups is 1. The number of hydrogen-bond acceptors (Lipinski definition) is 4. The molecule has 3 heterocycles. The van der Waals surface area contributed by atoms with Crippen molar-refractivity contribution in [2.24, 2.45) is 0 Å². The third kappa shape index (κ3) is 2.57. The molecular formula is C15H21N5O. The molecule has 0 bridgehead atoms. The number of likely N-dealkylation sites (N-methyl/N-ethyl adjacent to an activating group) is 1. The van der Waals surface area contributed by atoms with Crippen LogP contribution in [0.2, 0.25) is 0 Å². The molecule has 0 saturated carbocycles. The van der Waals surface area contributed by atoms with Crippen LogP contribution < -0.4 is 5.32 Å². The molecule has 6 nitrogen and oxygen atoms in total. The molecule has 3 rings (SSSR count). The average Bonchev–Trinajstić information content (AvgIpc) is 3.05. The van der Waals surface area contributed by atoms with Gasteiger partial charge in [-0.2, -0.15) is 9.61 Å². The van der Waals surface area contributed by atoms with E-state index in [9.17, 15) is 4.79 Å². The topological polar surface area (TPSA) is 62.5 Å². The minimum Gasteiger partial charge on any atom is -0.368 e. The highest BCUT2D eigenvalue weighted by Crippen LogP contribution is 2.20. The summed E-state index contributed by atoms with van der Waals surface area (Å²) < 4.78 is 1.81. The van der Waals surface area contributed by atoms with Gasteiger partial charge in [0.15, 0.2) is 5.65 Å². The van der Waals surface area contributed by atoms with Crippen LogP contribution in [0.4, 0.5) is 5.82 Å². The monoisotopic (exact) mass is 287 g/mol. The molecule has 1 aliphatic rings. The molecule has 1 unspecified atom stereocenters. The SMILES string of the molecule is CC(C)c1cc(NCC2CCC(=O)N2C)n2nccc2n1. The molecule has 6 heteroatoms. The van der Waals surface area contributed by atoms with Gasteiger partial charge in [-0.1, -0.05) is 13.8 Å². The highest BCUT2D eigenvalue weighted by molar-refractivity contribution is 5.78. The van der Waals surface area contributed by atoms with Gasteiger partial charge in [0.25, 0.3) is 0 Å². The van der Waals surface area contributed by atoms with Gasteiger partial charge < -0.3 is 10.2 Å². The lowest BCUT2D eigenvalue weighted by Gasteiger charge is -2.21. The van der Waals surface area contributed by atoms with Gasteiger partial charge in [0, 0.05) is 43.9 Å². The van der Waals surface area contributed by atoms with Gasteiger partial charge in [0.05, 0.1) is 6.20 Å². The van der Waals surface area contributed by atoms with Crippen molar-refractivity contribution in [1.29, 1.82) is 0 Å². The fourth-order valence-corrected chi connectivity index (χ4v) is 2.68. The number of amides is 1. The maximum Gasteiger partial charge on any atom is 0.222 e. The van der Waals surface area contributed by atoms with Crippen LogP contribution in [0, 0.1) is 0 Å². The predicted octanol–water partition coefficient (Wildman–Crippen LogP) is 1.89. The molecule has 1 saturated heterocycles. The molecule has 0 spiro atoms. The van der Waals surface area contributed by atoms with Gasteiger partial charge in [0.2, 0.25) is 5.91 Å². The lowest BCUT2D eigenvalue weighted by Crippen LogP contribution is -2.34. The first-order valence-corrected chi connectivity index (χ1v) is 7.40. The molecule has 1 amide bonds. The van der Waals surface area contributed by atoms with E-state index in [-0.39, 0.29) is 11.9 Å². The van der Waals surface area contributed by atoms with Crippen LogP contribution in [-0.2, 0) is 4.79 Å². The Kier molecular flexibility index (Phi) is 3.53. The third-order valence-electron chi connectivity index (χ3n) is 4.12. The number of rotatable bonds is 4. The molecule has 1 N–H and O–H groups in total. The summed E-state index contributed by atoms with van der Waals surface area (Å²) in [5.41, 5.74) is 1.89. The fraction of sp³-hybridized carbons (Fsp3) is 0.533. The smallest absolute Gasteiger partial charge is 0.222 e. The summed E-state index contributed by atoms with van der Waals surface area (Å²) in [4.78, 5) is 18.0. The standard InChI is InChI=1S/C15H21N5O/c1-10(2)12-8-14(20-13(18-12)6-7-17-20)16-9-11-4-5-15(21)19(11)3/h6-8,10-11,16H,4-5,9H2,1-3H3. The Hall–Kier alpha value is -2.11. The van der Waals surface area contributed by atoms with Crippen molar-refractivity contribution < 1.29 is 4.79 Å². The van der Waals surface area contributed by atoms with E-state index in [4.69, 9.17) is 0 Å². The first-order chi connectivity index (χ1) is 10.1. The number of fused-ring (bicyclic) bond motifs is 1. The van der Waals surface area contributed by atoms with Crippen molar-refractivity contribution in [2.75, 3.05) is 18.9 Å². The van der Waals surface area contributed by atoms with Crippen LogP contribution in [0.25, 0.3) is 5.65 Å². The van der Waals surface area contributed by atoms with Gasteiger partial charge >= 0.3 is 0 Å². The molecule has 2 aromatic heterocycles. The van der Waals surface area contributed by atoms with Crippen molar-refractivity contribution in [1.82, 2.24) is 19.5 Å². The molecule has 0 aliphatic carbocycles. The van der Waals surface area contributed by atoms with Crippen LogP contribution in [0.1, 0.15) is 38.3 Å². The fourth-order valence-electron chi connectivity index (χ4n) is 2.68. The van der Waals surface area contributed by atoms with E-state index in [0.717, 1.165) is 30.1 Å². The normalized spacial score (nSPS) is 19.0. The Balaban J connectivity index is 1.82. The van der Waals surface area contributed by atoms with Crippen molar-refractivity contribution in [3.05, 3.63) is 24.0 Å². The highest BCUT2D eigenvalue weighted by atomic mass is 16.2. The molecule has 0 radical (unpaired) electrons. The molecule has 1 fully saturated rings. The zero-order valence-electron chi connectivity index (χ0n) is 12.7. The second-order valence-corrected chi connectivity index (χ2v) is 5.90. The summed E-state index contributed by atoms with van der Waals surface area (Å²) in [6, 6.07) is 4.20. The summed E-state index contributed by atoms with van der Waals surface area (Å²) in [5.74, 6) is 1.52. The van der Waals surface area contributed by atoms with Crippen LogP contribution in [0.5, 0.6) is 0 Å². The first kappa shape index (κ1) is 13.9. The molecule has 112 valence electrons. The summed E-state index contributed by atoms with van der Waals surface area (Å²) in [5, 5.41) is 7.74. The Morgan fingerprint density at radius 2 is 2.29 bits per heavy atom. The quantitative estimate of drug-likeness (QED) is 0.932. The number of nitrogens with one attached hydrogen (secondary N) is 1. The molecule has 1 aliphatic heterocycles. The number of nitrogens with zero attached hydrogens (tertiary/aromatic N) is 4. The minimum atomic E-state index is 0.226. The van der Waals surface area contributed by atoms with E-state index in [1.165, 1.54) is 0 Å². The second kappa shape index (κ2) is 5.35. The number of aromatic nitrogens is 3. The highest BCUT2D eigenvalue weighted by Gasteiger charge is 2.27. The maximum atomic E-state index is 11.6. The zero-order chi connectivity index (χ0) is 15.0. The molecule has 1 atom stereocenters. The Morgan fingerprint density at radius 1 is 1.48 bits per heavy atom. The van der Waals surface area contributed by atoms with Crippen LogP contribution in [0.15, 0.2) is 18.3 Å². The lowest BCUT2D eigenvalue weighted by molar-refractivity contribution is -0.127. The van der Waals surface area contributed by atoms with E-state index >= 15 is 0 Å². The van der Waals surface area contributed by atoms with Gasteiger partial charge in [-0.05, 0) is 12.3 Å². The van der Waals surface area contributed by atoms with Crippen molar-refractivity contribution in [3.63, 3.8) is 0 Å².